The van der Waals surface area contributed by atoms with Crippen molar-refractivity contribution in [3.63, 3.8) is 0 Å². The first kappa shape index (κ1) is 11.8. The largest absolute Gasteiger partial charge is 0.497 e. The number of methoxy groups -OCH3 is 1. The highest BCUT2D eigenvalue weighted by Crippen LogP contribution is 2.29. The molecule has 0 saturated carbocycles. The van der Waals surface area contributed by atoms with Crippen LogP contribution in [0.25, 0.3) is 0 Å². The number of ether oxygens (including phenoxy) is 1. The number of alkyl halides is 3. The molecule has 0 aliphatic heterocycles. The third kappa shape index (κ3) is 4.66. The number of halogens is 3. The molecular formula is C10H7F3OS. The van der Waals surface area contributed by atoms with Crippen LogP contribution in [0.3, 0.4) is 0 Å². The van der Waals surface area contributed by atoms with E-state index < -0.39 is 5.51 Å². The zero-order chi connectivity index (χ0) is 11.3. The molecular weight excluding hydrogens is 225 g/mol. The first-order chi connectivity index (χ1) is 7.01. The maximum absolute atomic E-state index is 11.7. The molecule has 15 heavy (non-hydrogen) atoms. The predicted octanol–water partition coefficient (Wildman–Crippen LogP) is 3.26. The van der Waals surface area contributed by atoms with Gasteiger partial charge in [-0.15, -0.1) is 0 Å². The number of rotatable bonds is 1. The second-order valence-electron chi connectivity index (χ2n) is 2.51. The van der Waals surface area contributed by atoms with Crippen LogP contribution >= 0.6 is 11.8 Å². The lowest BCUT2D eigenvalue weighted by Crippen LogP contribution is -1.96. The number of hydrogen-bond acceptors (Lipinski definition) is 2. The fourth-order valence-electron chi connectivity index (χ4n) is 0.843. The molecule has 1 rings (SSSR count). The highest BCUT2D eigenvalue weighted by molar-refractivity contribution is 8.04. The quantitative estimate of drug-likeness (QED) is 0.687. The third-order valence-electron chi connectivity index (χ3n) is 1.43. The van der Waals surface area contributed by atoms with E-state index in [9.17, 15) is 13.2 Å². The molecule has 0 radical (unpaired) electrons. The van der Waals surface area contributed by atoms with Crippen LogP contribution < -0.4 is 4.74 Å². The van der Waals surface area contributed by atoms with Crippen molar-refractivity contribution in [1.82, 2.24) is 0 Å². The smallest absolute Gasteiger partial charge is 0.453 e. The summed E-state index contributed by atoms with van der Waals surface area (Å²) in [6.07, 6.45) is 0. The van der Waals surface area contributed by atoms with E-state index in [-0.39, 0.29) is 11.8 Å². The van der Waals surface area contributed by atoms with Crippen LogP contribution in [0.1, 0.15) is 5.56 Å². The molecule has 1 nitrogen and oxygen atoms in total. The molecule has 0 bridgehead atoms. The normalized spacial score (nSPS) is 10.4. The average molecular weight is 232 g/mol. The average Bonchev–Trinajstić information content (AvgIpc) is 2.16. The molecule has 0 aliphatic rings. The van der Waals surface area contributed by atoms with Gasteiger partial charge in [-0.25, -0.2) is 0 Å². The highest BCUT2D eigenvalue weighted by Gasteiger charge is 2.27. The first-order valence-electron chi connectivity index (χ1n) is 3.91. The minimum absolute atomic E-state index is 0.360. The minimum atomic E-state index is -4.31. The Hall–Kier alpha value is -1.28. The summed E-state index contributed by atoms with van der Waals surface area (Å²) in [5, 5.41) is 1.98. The Morgan fingerprint density at radius 3 is 2.67 bits per heavy atom. The van der Waals surface area contributed by atoms with Crippen molar-refractivity contribution in [2.24, 2.45) is 0 Å². The molecule has 0 N–H and O–H groups in total. The van der Waals surface area contributed by atoms with Gasteiger partial charge in [-0.3, -0.25) is 0 Å². The molecule has 0 aliphatic carbocycles. The highest BCUT2D eigenvalue weighted by atomic mass is 32.2. The fraction of sp³-hybridized carbons (Fsp3) is 0.200. The summed E-state index contributed by atoms with van der Waals surface area (Å²) in [6, 6.07) is 6.56. The lowest BCUT2D eigenvalue weighted by molar-refractivity contribution is -0.0318. The van der Waals surface area contributed by atoms with Gasteiger partial charge < -0.3 is 4.74 Å². The second-order valence-corrected chi connectivity index (χ2v) is 3.38. The van der Waals surface area contributed by atoms with Crippen LogP contribution in [-0.2, 0) is 0 Å². The summed E-state index contributed by atoms with van der Waals surface area (Å²) >= 11 is -0.360. The maximum Gasteiger partial charge on any atom is 0.453 e. The lowest BCUT2D eigenvalue weighted by Gasteiger charge is -1.98. The summed E-state index contributed by atoms with van der Waals surface area (Å²) < 4.78 is 40.1. The zero-order valence-electron chi connectivity index (χ0n) is 7.76. The Labute approximate surface area is 89.6 Å². The first-order valence-corrected chi connectivity index (χ1v) is 4.73. The van der Waals surface area contributed by atoms with Crippen molar-refractivity contribution in [2.45, 2.75) is 5.51 Å². The van der Waals surface area contributed by atoms with Crippen LogP contribution in [-0.4, -0.2) is 12.6 Å². The van der Waals surface area contributed by atoms with Crippen molar-refractivity contribution in [1.29, 1.82) is 0 Å². The molecule has 1 aromatic rings. The maximum atomic E-state index is 11.7. The van der Waals surface area contributed by atoms with E-state index in [0.29, 0.717) is 11.3 Å². The van der Waals surface area contributed by atoms with E-state index in [1.807, 2.05) is 5.25 Å². The predicted molar refractivity (Wildman–Crippen MR) is 53.5 cm³/mol. The van der Waals surface area contributed by atoms with E-state index in [2.05, 4.69) is 5.92 Å². The summed E-state index contributed by atoms with van der Waals surface area (Å²) in [7, 11) is 1.48. The molecule has 1 aromatic carbocycles. The van der Waals surface area contributed by atoms with Gasteiger partial charge in [0.05, 0.1) is 7.11 Å². The van der Waals surface area contributed by atoms with Gasteiger partial charge in [0.15, 0.2) is 0 Å². The molecule has 0 atom stereocenters. The van der Waals surface area contributed by atoms with Gasteiger partial charge in [-0.1, -0.05) is 12.0 Å². The molecule has 0 saturated heterocycles. The summed E-state index contributed by atoms with van der Waals surface area (Å²) in [5.41, 5.74) is -3.82. The molecule has 0 unspecified atom stereocenters. The molecule has 80 valence electrons. The molecule has 0 fully saturated rings. The van der Waals surface area contributed by atoms with Crippen LogP contribution in [0.4, 0.5) is 13.2 Å². The summed E-state index contributed by atoms with van der Waals surface area (Å²) in [6.45, 7) is 0. The van der Waals surface area contributed by atoms with E-state index in [4.69, 9.17) is 4.74 Å². The molecule has 0 spiro atoms. The Morgan fingerprint density at radius 2 is 2.07 bits per heavy atom. The monoisotopic (exact) mass is 232 g/mol. The topological polar surface area (TPSA) is 9.23 Å². The van der Waals surface area contributed by atoms with Gasteiger partial charge in [-0.2, -0.15) is 13.2 Å². The molecule has 0 aromatic heterocycles. The molecule has 0 heterocycles. The van der Waals surface area contributed by atoms with Crippen molar-refractivity contribution < 1.29 is 17.9 Å². The van der Waals surface area contributed by atoms with Gasteiger partial charge >= 0.3 is 5.51 Å². The molecule has 5 heteroatoms. The van der Waals surface area contributed by atoms with Crippen LogP contribution in [0.2, 0.25) is 0 Å². The van der Waals surface area contributed by atoms with E-state index >= 15 is 0 Å². The fourth-order valence-corrected chi connectivity index (χ4v) is 1.13. The van der Waals surface area contributed by atoms with Gasteiger partial charge in [0.1, 0.15) is 5.75 Å². The molecule has 0 amide bonds. The Morgan fingerprint density at radius 1 is 1.33 bits per heavy atom. The van der Waals surface area contributed by atoms with Crippen molar-refractivity contribution in [2.75, 3.05) is 7.11 Å². The SMILES string of the molecule is COc1cccc(C#CSC(F)(F)F)c1. The van der Waals surface area contributed by atoms with Crippen LogP contribution in [0.5, 0.6) is 5.75 Å². The Balaban J connectivity index is 2.71. The summed E-state index contributed by atoms with van der Waals surface area (Å²) in [4.78, 5) is 0. The van der Waals surface area contributed by atoms with Crippen molar-refractivity contribution in [3.05, 3.63) is 29.8 Å². The Bertz CT molecular complexity index is 390. The second kappa shape index (κ2) is 4.99. The zero-order valence-corrected chi connectivity index (χ0v) is 8.58. The third-order valence-corrected chi connectivity index (χ3v) is 1.87. The van der Waals surface area contributed by atoms with E-state index in [1.165, 1.54) is 7.11 Å². The number of hydrogen-bond donors (Lipinski definition) is 0. The Kier molecular flexibility index (Phi) is 3.92. The van der Waals surface area contributed by atoms with Crippen LogP contribution in [0.15, 0.2) is 24.3 Å². The minimum Gasteiger partial charge on any atom is -0.497 e. The van der Waals surface area contributed by atoms with Gasteiger partial charge in [-0.05, 0) is 23.5 Å². The standard InChI is InChI=1S/C10H7F3OS/c1-14-9-4-2-3-8(7-9)5-6-15-10(11,12)13/h2-4,7H,1H3. The van der Waals surface area contributed by atoms with Crippen LogP contribution in [0, 0.1) is 11.2 Å². The van der Waals surface area contributed by atoms with Gasteiger partial charge in [0.25, 0.3) is 0 Å². The number of thioether (sulfide) groups is 1. The van der Waals surface area contributed by atoms with E-state index in [1.54, 1.807) is 24.3 Å². The van der Waals surface area contributed by atoms with E-state index in [0.717, 1.165) is 0 Å². The van der Waals surface area contributed by atoms with Gasteiger partial charge in [0.2, 0.25) is 0 Å². The van der Waals surface area contributed by atoms with Crippen molar-refractivity contribution in [3.8, 4) is 16.9 Å². The van der Waals surface area contributed by atoms with Crippen molar-refractivity contribution >= 4 is 11.8 Å². The lowest BCUT2D eigenvalue weighted by atomic mass is 10.2. The number of benzene rings is 1. The summed E-state index contributed by atoms with van der Waals surface area (Å²) in [5.74, 6) is 2.96. The van der Waals surface area contributed by atoms with Gasteiger partial charge in [0, 0.05) is 17.3 Å².